The molecule has 0 atom stereocenters. The number of carbonyl (C=O) groups is 1. The molecule has 3 aromatic heterocycles. The van der Waals surface area contributed by atoms with Gasteiger partial charge < -0.3 is 9.88 Å². The number of hydrogen-bond acceptors (Lipinski definition) is 4. The third kappa shape index (κ3) is 3.53. The molecule has 0 fully saturated rings. The molecule has 0 saturated heterocycles. The van der Waals surface area contributed by atoms with Gasteiger partial charge in [-0.15, -0.1) is 0 Å². The second-order valence-corrected chi connectivity index (χ2v) is 6.66. The minimum absolute atomic E-state index is 0.131. The highest BCUT2D eigenvalue weighted by atomic mass is 19.4. The monoisotopic (exact) mass is 402 g/mol. The molecule has 0 aliphatic rings. The summed E-state index contributed by atoms with van der Waals surface area (Å²) >= 11 is 0. The summed E-state index contributed by atoms with van der Waals surface area (Å²) in [5.41, 5.74) is 1.43. The molecule has 0 radical (unpaired) electrons. The van der Waals surface area contributed by atoms with Gasteiger partial charge >= 0.3 is 6.18 Å². The van der Waals surface area contributed by atoms with Gasteiger partial charge in [-0.2, -0.15) is 18.3 Å². The quantitative estimate of drug-likeness (QED) is 0.569. The van der Waals surface area contributed by atoms with E-state index in [0.29, 0.717) is 22.6 Å². The molecule has 1 aromatic carbocycles. The molecule has 7 nitrogen and oxygen atoms in total. The van der Waals surface area contributed by atoms with Gasteiger partial charge in [0.25, 0.3) is 0 Å². The number of nitrogens with zero attached hydrogens (tertiary/aromatic N) is 5. The second-order valence-electron chi connectivity index (χ2n) is 6.66. The van der Waals surface area contributed by atoms with E-state index in [9.17, 15) is 18.0 Å². The van der Waals surface area contributed by atoms with Gasteiger partial charge in [0, 0.05) is 31.9 Å². The van der Waals surface area contributed by atoms with E-state index in [0.717, 1.165) is 17.5 Å². The lowest BCUT2D eigenvalue weighted by atomic mass is 10.2. The number of hydrogen-bond donors (Lipinski definition) is 1. The number of benzene rings is 1. The highest BCUT2D eigenvalue weighted by Crippen LogP contribution is 2.31. The standard InChI is InChI=1S/C19H17F3N6O/c1-23-18(29)8-14-12-9-28(26-13(12)5-6-24-14)10-17-25-15-7-11(19(20,21)22)3-4-16(15)27(17)2/h3-7,9H,8,10H2,1-2H3,(H,23,29). The smallest absolute Gasteiger partial charge is 0.359 e. The SMILES string of the molecule is CNC(=O)Cc1nccc2nn(Cc3nc4cc(C(F)(F)F)ccc4n3C)cc12. The molecule has 0 unspecified atom stereocenters. The number of aryl methyl sites for hydroxylation is 1. The van der Waals surface area contributed by atoms with Crippen molar-refractivity contribution in [3.05, 3.63) is 53.7 Å². The van der Waals surface area contributed by atoms with Crippen LogP contribution >= 0.6 is 0 Å². The number of halogens is 3. The third-order valence-electron chi connectivity index (χ3n) is 4.77. The van der Waals surface area contributed by atoms with Gasteiger partial charge in [-0.1, -0.05) is 0 Å². The molecule has 0 aliphatic carbocycles. The molecule has 0 spiro atoms. The van der Waals surface area contributed by atoms with Crippen LogP contribution in [0.25, 0.3) is 21.9 Å². The van der Waals surface area contributed by atoms with Crippen LogP contribution in [0.3, 0.4) is 0 Å². The maximum atomic E-state index is 13.0. The fourth-order valence-electron chi connectivity index (χ4n) is 3.22. The number of alkyl halides is 3. The summed E-state index contributed by atoms with van der Waals surface area (Å²) in [7, 11) is 3.31. The molecule has 1 N–H and O–H groups in total. The largest absolute Gasteiger partial charge is 0.416 e. The van der Waals surface area contributed by atoms with E-state index in [4.69, 9.17) is 0 Å². The van der Waals surface area contributed by atoms with Crippen LogP contribution in [0.15, 0.2) is 36.7 Å². The first kappa shape index (κ1) is 18.9. The van der Waals surface area contributed by atoms with Crippen LogP contribution in [0.5, 0.6) is 0 Å². The Labute approximate surface area is 163 Å². The number of pyridine rings is 1. The minimum Gasteiger partial charge on any atom is -0.359 e. The first-order valence-electron chi connectivity index (χ1n) is 8.80. The molecular weight excluding hydrogens is 385 g/mol. The first-order valence-corrected chi connectivity index (χ1v) is 8.80. The van der Waals surface area contributed by atoms with Gasteiger partial charge in [-0.3, -0.25) is 14.5 Å². The molecule has 0 bridgehead atoms. The van der Waals surface area contributed by atoms with E-state index < -0.39 is 11.7 Å². The Balaban J connectivity index is 1.69. The predicted octanol–water partition coefficient (Wildman–Crippen LogP) is 2.67. The zero-order valence-corrected chi connectivity index (χ0v) is 15.7. The number of carbonyl (C=O) groups excluding carboxylic acids is 1. The fourth-order valence-corrected chi connectivity index (χ4v) is 3.22. The average Bonchev–Trinajstić information content (AvgIpc) is 3.22. The lowest BCUT2D eigenvalue weighted by Crippen LogP contribution is -2.20. The average molecular weight is 402 g/mol. The first-order chi connectivity index (χ1) is 13.8. The molecular formula is C19H17F3N6O. The molecule has 10 heteroatoms. The van der Waals surface area contributed by atoms with Gasteiger partial charge in [0.15, 0.2) is 0 Å². The summed E-state index contributed by atoms with van der Waals surface area (Å²) in [6.45, 7) is 0.265. The number of rotatable bonds is 4. The highest BCUT2D eigenvalue weighted by Gasteiger charge is 2.31. The summed E-state index contributed by atoms with van der Waals surface area (Å²) in [6.07, 6.45) is -0.932. The number of amides is 1. The summed E-state index contributed by atoms with van der Waals surface area (Å²) in [6, 6.07) is 5.25. The van der Waals surface area contributed by atoms with Crippen molar-refractivity contribution in [1.29, 1.82) is 0 Å². The van der Waals surface area contributed by atoms with Crippen LogP contribution in [0.2, 0.25) is 0 Å². The molecule has 1 amide bonds. The normalized spacial score (nSPS) is 12.0. The van der Waals surface area contributed by atoms with Crippen molar-refractivity contribution in [3.8, 4) is 0 Å². The highest BCUT2D eigenvalue weighted by molar-refractivity contribution is 5.86. The van der Waals surface area contributed by atoms with Gasteiger partial charge in [0.2, 0.25) is 5.91 Å². The van der Waals surface area contributed by atoms with Gasteiger partial charge in [0.05, 0.1) is 40.8 Å². The third-order valence-corrected chi connectivity index (χ3v) is 4.77. The van der Waals surface area contributed by atoms with Crippen LogP contribution in [-0.2, 0) is 31.0 Å². The lowest BCUT2D eigenvalue weighted by Gasteiger charge is -2.06. The van der Waals surface area contributed by atoms with Gasteiger partial charge in [0.1, 0.15) is 5.82 Å². The molecule has 4 aromatic rings. The number of fused-ring (bicyclic) bond motifs is 2. The van der Waals surface area contributed by atoms with Crippen molar-refractivity contribution in [2.75, 3.05) is 7.05 Å². The maximum absolute atomic E-state index is 13.0. The van der Waals surface area contributed by atoms with E-state index >= 15 is 0 Å². The van der Waals surface area contributed by atoms with E-state index in [1.165, 1.54) is 6.07 Å². The molecule has 3 heterocycles. The van der Waals surface area contributed by atoms with Crippen molar-refractivity contribution in [2.24, 2.45) is 7.05 Å². The Morgan fingerprint density at radius 2 is 2.00 bits per heavy atom. The van der Waals surface area contributed by atoms with Crippen LogP contribution in [0, 0.1) is 0 Å². The van der Waals surface area contributed by atoms with Crippen LogP contribution in [-0.4, -0.2) is 37.3 Å². The second kappa shape index (κ2) is 6.87. The minimum atomic E-state index is -4.42. The maximum Gasteiger partial charge on any atom is 0.416 e. The number of imidazole rings is 1. The Bertz CT molecular complexity index is 1220. The zero-order chi connectivity index (χ0) is 20.8. The molecule has 0 aliphatic heterocycles. The van der Waals surface area contributed by atoms with Crippen LogP contribution in [0.1, 0.15) is 17.1 Å². The van der Waals surface area contributed by atoms with Crippen LogP contribution in [0.4, 0.5) is 13.2 Å². The number of aromatic nitrogens is 5. The molecule has 0 saturated carbocycles. The van der Waals surface area contributed by atoms with Crippen molar-refractivity contribution >= 4 is 27.8 Å². The molecule has 150 valence electrons. The number of nitrogens with one attached hydrogen (secondary N) is 1. The van der Waals surface area contributed by atoms with E-state index in [1.807, 2.05) is 0 Å². The Morgan fingerprint density at radius 1 is 1.21 bits per heavy atom. The van der Waals surface area contributed by atoms with Gasteiger partial charge in [-0.05, 0) is 24.3 Å². The van der Waals surface area contributed by atoms with Crippen molar-refractivity contribution in [1.82, 2.24) is 29.6 Å². The van der Waals surface area contributed by atoms with Crippen molar-refractivity contribution in [3.63, 3.8) is 0 Å². The van der Waals surface area contributed by atoms with Crippen molar-refractivity contribution < 1.29 is 18.0 Å². The van der Waals surface area contributed by atoms with E-state index in [2.05, 4.69) is 20.4 Å². The summed E-state index contributed by atoms with van der Waals surface area (Å²) in [4.78, 5) is 20.3. The Hall–Kier alpha value is -3.43. The predicted molar refractivity (Wildman–Crippen MR) is 100 cm³/mol. The zero-order valence-electron chi connectivity index (χ0n) is 15.7. The number of likely N-dealkylation sites (N-methyl/N-ethyl adjacent to an activating group) is 1. The van der Waals surface area contributed by atoms with Crippen molar-refractivity contribution in [2.45, 2.75) is 19.1 Å². The van der Waals surface area contributed by atoms with Gasteiger partial charge in [-0.25, -0.2) is 4.98 Å². The Morgan fingerprint density at radius 3 is 2.72 bits per heavy atom. The summed E-state index contributed by atoms with van der Waals surface area (Å²) in [5, 5.41) is 7.79. The van der Waals surface area contributed by atoms with E-state index in [-0.39, 0.29) is 24.4 Å². The summed E-state index contributed by atoms with van der Waals surface area (Å²) < 4.78 is 42.3. The topological polar surface area (TPSA) is 77.6 Å². The molecule has 4 rings (SSSR count). The summed E-state index contributed by atoms with van der Waals surface area (Å²) in [5.74, 6) is 0.404. The fraction of sp³-hybridized carbons (Fsp3) is 0.263. The lowest BCUT2D eigenvalue weighted by molar-refractivity contribution is -0.137. The van der Waals surface area contributed by atoms with E-state index in [1.54, 1.807) is 41.8 Å². The molecule has 29 heavy (non-hydrogen) atoms. The Kier molecular flexibility index (Phi) is 4.48. The van der Waals surface area contributed by atoms with Crippen LogP contribution < -0.4 is 5.32 Å².